The predicted molar refractivity (Wildman–Crippen MR) is 350 cm³/mol. The van der Waals surface area contributed by atoms with E-state index in [1.165, 1.54) is 25.2 Å². The minimum atomic E-state index is -4.53. The molecule has 2 aliphatic rings. The van der Waals surface area contributed by atoms with E-state index < -0.39 is 191 Å². The fraction of sp³-hybridized carbons (Fsp3) is 0.508. The Morgan fingerprint density at radius 1 is 0.557 bits per heavy atom. The first kappa shape index (κ1) is 80.0. The zero-order chi connectivity index (χ0) is 72.5. The third-order valence-corrected chi connectivity index (χ3v) is 17.8. The maximum atomic E-state index is 13.9. The number of aliphatic imine (C=N–C) groups is 1. The Morgan fingerprint density at radius 3 is 1.48 bits per heavy atom. The summed E-state index contributed by atoms with van der Waals surface area (Å²) in [6, 6.07) is -0.601. The van der Waals surface area contributed by atoms with Gasteiger partial charge in [0.25, 0.3) is 10.1 Å². The first-order valence-corrected chi connectivity index (χ1v) is 33.8. The number of nitrogens with zero attached hydrogens (tertiary/aromatic N) is 2. The summed E-state index contributed by atoms with van der Waals surface area (Å²) in [6.07, 6.45) is 5.01. The van der Waals surface area contributed by atoms with Crippen LogP contribution in [-0.4, -0.2) is 180 Å². The number of rotatable bonds is 43. The number of benzene rings is 2. The first-order valence-electron chi connectivity index (χ1n) is 31.2. The normalized spacial score (nSPS) is 16.0. The Hall–Kier alpha value is -9.41. The van der Waals surface area contributed by atoms with Gasteiger partial charge in [-0.2, -0.15) is 8.42 Å². The topological polar surface area (TPSA) is 520 Å². The summed E-state index contributed by atoms with van der Waals surface area (Å²) in [6.45, 7) is 8.38. The molecule has 2 aromatic rings. The van der Waals surface area contributed by atoms with E-state index in [1.54, 1.807) is 18.2 Å². The molecule has 0 bridgehead atoms. The van der Waals surface area contributed by atoms with Crippen molar-refractivity contribution in [1.29, 1.82) is 0 Å². The number of allylic oxidation sites excluding steroid dienone is 6. The molecule has 4 rings (SSSR count). The number of thiol groups is 1. The van der Waals surface area contributed by atoms with Crippen LogP contribution in [0.3, 0.4) is 0 Å². The van der Waals surface area contributed by atoms with Crippen molar-refractivity contribution in [3.8, 4) is 0 Å². The van der Waals surface area contributed by atoms with E-state index in [2.05, 4.69) is 42.1 Å². The van der Waals surface area contributed by atoms with Crippen molar-refractivity contribution < 1.29 is 104 Å². The average Bonchev–Trinajstić information content (AvgIpc) is 1.60. The third kappa shape index (κ3) is 24.9. The zero-order valence-electron chi connectivity index (χ0n) is 54.3. The number of unbranched alkanes of at least 4 members (excludes halogenated alkanes) is 3. The number of amides is 7. The summed E-state index contributed by atoms with van der Waals surface area (Å²) in [5, 5.41) is 63.6. The van der Waals surface area contributed by atoms with E-state index >= 15 is 0 Å². The number of carbonyl (C=O) groups excluding carboxylic acids is 7. The molecule has 32 nitrogen and oxygen atoms in total. The lowest BCUT2D eigenvalue weighted by atomic mass is 9.81. The van der Waals surface area contributed by atoms with Crippen LogP contribution in [-0.2, 0) is 89.2 Å². The van der Waals surface area contributed by atoms with Crippen molar-refractivity contribution in [2.45, 2.75) is 194 Å². The van der Waals surface area contributed by atoms with Crippen molar-refractivity contribution in [2.24, 2.45) is 10.7 Å². The second kappa shape index (κ2) is 37.2. The number of fused-ring (bicyclic) bond motifs is 2. The molecule has 0 saturated heterocycles. The molecule has 0 radical (unpaired) electrons. The lowest BCUT2D eigenvalue weighted by Crippen LogP contribution is -2.59. The molecule has 2 aromatic carbocycles. The summed E-state index contributed by atoms with van der Waals surface area (Å²) in [5.41, 5.74) is 8.76. The lowest BCUT2D eigenvalue weighted by Gasteiger charge is -2.27. The number of hydrogen-bond donors (Lipinski definition) is 15. The Morgan fingerprint density at radius 2 is 1.03 bits per heavy atom. The van der Waals surface area contributed by atoms with Gasteiger partial charge in [0, 0.05) is 73.8 Å². The van der Waals surface area contributed by atoms with Gasteiger partial charge < -0.3 is 73.4 Å². The van der Waals surface area contributed by atoms with Gasteiger partial charge in [0.2, 0.25) is 41.4 Å². The number of nitrogens with one attached hydrogen (secondary N) is 7. The molecule has 532 valence electrons. The van der Waals surface area contributed by atoms with Crippen molar-refractivity contribution in [3.63, 3.8) is 0 Å². The standard InChI is InChI=1S/C63H86N10O22S2/c1-62(2)38-34-36(96(91)92)18-20-40(38)67-48(62)15-8-6-9-16-49-63(3,4)39-35-37(97(93,94)95)19-26-47(39)73(49)33-13-7-10-17-50(74)66-32-12-11-14-41(56(64)85)68-58(87)43(22-28-52(77)78)70-60(89)45(24-30-54(81)82)72-61(90)46(25-31-55(83)84)71-59(88)44(23-29-53(79)80)69-57(86)42(65-5)21-27-51(75)76/h6,8-9,15-16,18-20,26,34-35,41-46,65,96H,7,10-14,17,21-25,27-33H2,1-5H3,(H2,64,85)(H,66,74)(H,68,87)(H,69,86)(H,70,89)(H,71,88)(H,72,90)(H,75,76)(H,77,78)(H,79,80)(H,81,82)(H,83,84)(H,93,94,95)/b9-6+,15-8+,49-16+/t41-,42-,43-,44-,45-,46-/m1/s1. The fourth-order valence-corrected chi connectivity index (χ4v) is 11.7. The minimum absolute atomic E-state index is 0.101. The highest BCUT2D eigenvalue weighted by molar-refractivity contribution is 7.85. The van der Waals surface area contributed by atoms with Gasteiger partial charge >= 0.3 is 29.8 Å². The smallest absolute Gasteiger partial charge is 0.303 e. The summed E-state index contributed by atoms with van der Waals surface area (Å²) >= 11 is 0. The summed E-state index contributed by atoms with van der Waals surface area (Å²) < 4.78 is 57.7. The number of carbonyl (C=O) groups is 12. The monoisotopic (exact) mass is 1400 g/mol. The van der Waals surface area contributed by atoms with Crippen LogP contribution in [0.1, 0.15) is 148 Å². The number of primary amides is 1. The van der Waals surface area contributed by atoms with Crippen molar-refractivity contribution in [2.75, 3.05) is 25.0 Å². The molecule has 0 fully saturated rings. The first-order chi connectivity index (χ1) is 45.5. The molecule has 34 heteroatoms. The third-order valence-electron chi connectivity index (χ3n) is 16.3. The van der Waals surface area contributed by atoms with Crippen LogP contribution in [0.5, 0.6) is 0 Å². The van der Waals surface area contributed by atoms with Crippen molar-refractivity contribution in [3.05, 3.63) is 83.6 Å². The lowest BCUT2D eigenvalue weighted by molar-refractivity contribution is -0.140. The molecule has 7 amide bonds. The van der Waals surface area contributed by atoms with Gasteiger partial charge in [0.15, 0.2) is 10.7 Å². The summed E-state index contributed by atoms with van der Waals surface area (Å²) in [5.74, 6) is -14.2. The molecular weight excluding hydrogens is 1310 g/mol. The van der Waals surface area contributed by atoms with Crippen LogP contribution in [0.15, 0.2) is 87.3 Å². The number of carboxylic acids is 5. The van der Waals surface area contributed by atoms with Crippen LogP contribution in [0, 0.1) is 0 Å². The number of hydrogen-bond acceptors (Lipinski definition) is 19. The molecule has 2 aliphatic heterocycles. The SMILES string of the molecule is CN[C@H](CCC(=O)O)C(=O)N[C@H](CCC(=O)O)C(=O)N[C@H](CCC(=O)O)C(=O)N[C@H](CCC(=O)O)C(=O)N[C@H](CCC(=O)O)C(=O)N[C@H](CCCCNC(=O)CCCCCN1/C(=C/C=C/C=C/C2=Nc3ccc([SH](=O)=O)cc3C2(C)C)C(C)(C)c2cc(S(=O)(=O)O)ccc21)C(N)=O. The average molecular weight is 1400 g/mol. The van der Waals surface area contributed by atoms with Gasteiger partial charge in [-0.1, -0.05) is 52.3 Å². The zero-order valence-corrected chi connectivity index (χ0v) is 56.0. The molecule has 15 N–H and O–H groups in total. The fourth-order valence-electron chi connectivity index (χ4n) is 10.8. The maximum Gasteiger partial charge on any atom is 0.303 e. The largest absolute Gasteiger partial charge is 0.481 e. The highest BCUT2D eigenvalue weighted by atomic mass is 32.2. The highest BCUT2D eigenvalue weighted by Gasteiger charge is 2.41. The van der Waals surface area contributed by atoms with Crippen LogP contribution < -0.4 is 47.9 Å². The molecule has 2 heterocycles. The molecule has 0 aliphatic carbocycles. The second-order valence-corrected chi connectivity index (χ2v) is 26.6. The van der Waals surface area contributed by atoms with Crippen molar-refractivity contribution in [1.82, 2.24) is 37.2 Å². The van der Waals surface area contributed by atoms with Crippen molar-refractivity contribution >= 4 is 109 Å². The molecule has 0 saturated carbocycles. The Kier molecular flexibility index (Phi) is 30.7. The quantitative estimate of drug-likeness (QED) is 0.0195. The Labute approximate surface area is 561 Å². The number of aliphatic carboxylic acids is 5. The van der Waals surface area contributed by atoms with E-state index in [0.717, 1.165) is 22.7 Å². The predicted octanol–water partition coefficient (Wildman–Crippen LogP) is 1.73. The van der Waals surface area contributed by atoms with Gasteiger partial charge in [0.1, 0.15) is 30.2 Å². The molecule has 97 heavy (non-hydrogen) atoms. The van der Waals surface area contributed by atoms with E-state index in [1.807, 2.05) is 58.1 Å². The highest BCUT2D eigenvalue weighted by Crippen LogP contribution is 2.49. The number of likely N-dealkylation sites (N-methyl/N-ethyl adjacent to an activating group) is 1. The second-order valence-electron chi connectivity index (χ2n) is 24.2. The summed E-state index contributed by atoms with van der Waals surface area (Å²) in [4.78, 5) is 158. The van der Waals surface area contributed by atoms with Gasteiger partial charge in [0.05, 0.1) is 27.2 Å². The van der Waals surface area contributed by atoms with Gasteiger partial charge in [-0.25, -0.2) is 8.42 Å². The molecule has 6 atom stereocenters. The van der Waals surface area contributed by atoms with E-state index in [9.17, 15) is 99.3 Å². The van der Waals surface area contributed by atoms with Gasteiger partial charge in [-0.3, -0.25) is 67.1 Å². The van der Waals surface area contributed by atoms with Gasteiger partial charge in [-0.05, 0) is 131 Å². The van der Waals surface area contributed by atoms with Crippen LogP contribution in [0.4, 0.5) is 11.4 Å². The van der Waals surface area contributed by atoms with Crippen LogP contribution in [0.25, 0.3) is 0 Å². The number of carboxylic acid groups (broad SMARTS) is 5. The molecule has 0 aromatic heterocycles. The number of nitrogens with two attached hydrogens (primary N) is 1. The van der Waals surface area contributed by atoms with E-state index in [-0.39, 0.29) is 54.3 Å². The molecule has 0 unspecified atom stereocenters. The van der Waals surface area contributed by atoms with Crippen LogP contribution >= 0.6 is 0 Å². The molecular formula is C63H86N10O22S2. The van der Waals surface area contributed by atoms with Gasteiger partial charge in [-0.15, -0.1) is 0 Å². The molecule has 0 spiro atoms. The Bertz CT molecular complexity index is 3610. The minimum Gasteiger partial charge on any atom is -0.481 e. The maximum absolute atomic E-state index is 13.9. The van der Waals surface area contributed by atoms with Crippen LogP contribution in [0.2, 0.25) is 0 Å². The number of anilines is 1. The van der Waals surface area contributed by atoms with E-state index in [0.29, 0.717) is 37.1 Å². The summed E-state index contributed by atoms with van der Waals surface area (Å²) in [7, 11) is -5.99. The Balaban J connectivity index is 1.36. The van der Waals surface area contributed by atoms with E-state index in [4.69, 9.17) is 15.8 Å².